The van der Waals surface area contributed by atoms with Crippen LogP contribution in [-0.4, -0.2) is 6.04 Å². The fourth-order valence-electron chi connectivity index (χ4n) is 3.85. The molecule has 0 radical (unpaired) electrons. The second-order valence-corrected chi connectivity index (χ2v) is 6.99. The number of fused-ring (bicyclic) bond motifs is 2. The molecular formula is C24H25IN2. The summed E-state index contributed by atoms with van der Waals surface area (Å²) >= 11 is 0. The minimum absolute atomic E-state index is 0. The monoisotopic (exact) mass is 468 g/mol. The molecule has 0 spiro atoms. The molecule has 2 nitrogen and oxygen atoms in total. The number of hydrogen-bond donors (Lipinski definition) is 0. The van der Waals surface area contributed by atoms with Crippen molar-refractivity contribution in [2.75, 3.05) is 4.90 Å². The van der Waals surface area contributed by atoms with Crippen LogP contribution in [0.2, 0.25) is 0 Å². The Hall–Kier alpha value is -2.14. The molecule has 2 heterocycles. The molecule has 0 N–H and O–H groups in total. The predicted octanol–water partition coefficient (Wildman–Crippen LogP) is 2.43. The first kappa shape index (κ1) is 19.6. The van der Waals surface area contributed by atoms with E-state index in [0.717, 1.165) is 6.54 Å². The number of para-hydroxylation sites is 2. The van der Waals surface area contributed by atoms with Crippen LogP contribution in [-0.2, 0) is 6.54 Å². The molecule has 0 unspecified atom stereocenters. The topological polar surface area (TPSA) is 7.12 Å². The van der Waals surface area contributed by atoms with Crippen LogP contribution in [0, 0.1) is 0 Å². The molecule has 0 fully saturated rings. The van der Waals surface area contributed by atoms with Crippen LogP contribution in [0.1, 0.15) is 32.0 Å². The van der Waals surface area contributed by atoms with E-state index in [2.05, 4.69) is 109 Å². The maximum Gasteiger partial charge on any atom is 0.212 e. The lowest BCUT2D eigenvalue weighted by atomic mass is 10.0. The van der Waals surface area contributed by atoms with Crippen LogP contribution in [0.25, 0.3) is 23.1 Å². The standard InChI is InChI=1S/C24H25N2.HI/c1-4-25-21(15-13-19-9-5-7-11-23(19)25)17-22-16-14-20-10-6-8-12-24(20)26(22)18(2)3;/h5-18H,4H2,1-3H3;1H/q+1;/p-1. The van der Waals surface area contributed by atoms with Crippen LogP contribution >= 0.6 is 0 Å². The maximum absolute atomic E-state index is 2.42. The Balaban J connectivity index is 0.00000210. The third-order valence-corrected chi connectivity index (χ3v) is 5.01. The van der Waals surface area contributed by atoms with E-state index in [4.69, 9.17) is 0 Å². The number of aryl methyl sites for hydroxylation is 1. The number of nitrogens with zero attached hydrogens (tertiary/aromatic N) is 2. The summed E-state index contributed by atoms with van der Waals surface area (Å²) in [4.78, 5) is 2.42. The van der Waals surface area contributed by atoms with Gasteiger partial charge in [-0.2, -0.15) is 4.57 Å². The van der Waals surface area contributed by atoms with E-state index in [1.165, 1.54) is 33.5 Å². The highest BCUT2D eigenvalue weighted by Crippen LogP contribution is 2.33. The van der Waals surface area contributed by atoms with Crippen LogP contribution in [0.3, 0.4) is 0 Å². The normalized spacial score (nSPS) is 14.5. The summed E-state index contributed by atoms with van der Waals surface area (Å²) in [6.07, 6.45) is 6.76. The lowest BCUT2D eigenvalue weighted by molar-refractivity contribution is -0.669. The highest BCUT2D eigenvalue weighted by molar-refractivity contribution is 5.81. The molecule has 1 aromatic heterocycles. The highest BCUT2D eigenvalue weighted by atomic mass is 127. The molecule has 0 amide bonds. The number of benzene rings is 2. The summed E-state index contributed by atoms with van der Waals surface area (Å²) in [5, 5.41) is 1.28. The van der Waals surface area contributed by atoms with Crippen molar-refractivity contribution in [1.29, 1.82) is 0 Å². The first-order valence-electron chi connectivity index (χ1n) is 9.38. The van der Waals surface area contributed by atoms with Crippen molar-refractivity contribution in [2.24, 2.45) is 0 Å². The number of aromatic nitrogens is 1. The van der Waals surface area contributed by atoms with Gasteiger partial charge >= 0.3 is 0 Å². The van der Waals surface area contributed by atoms with Crippen molar-refractivity contribution in [2.45, 2.75) is 33.4 Å². The summed E-state index contributed by atoms with van der Waals surface area (Å²) in [6.45, 7) is 7.65. The first-order valence-corrected chi connectivity index (χ1v) is 9.38. The molecule has 1 aliphatic rings. The molecule has 27 heavy (non-hydrogen) atoms. The zero-order valence-corrected chi connectivity index (χ0v) is 18.2. The van der Waals surface area contributed by atoms with Crippen LogP contribution < -0.4 is 33.4 Å². The zero-order chi connectivity index (χ0) is 18.1. The van der Waals surface area contributed by atoms with Gasteiger partial charge in [0.25, 0.3) is 0 Å². The fourth-order valence-corrected chi connectivity index (χ4v) is 3.85. The summed E-state index contributed by atoms with van der Waals surface area (Å²) in [5.74, 6) is 0. The van der Waals surface area contributed by atoms with Crippen molar-refractivity contribution < 1.29 is 28.5 Å². The van der Waals surface area contributed by atoms with Crippen molar-refractivity contribution in [1.82, 2.24) is 0 Å². The Kier molecular flexibility index (Phi) is 6.00. The van der Waals surface area contributed by atoms with Gasteiger partial charge in [-0.25, -0.2) is 0 Å². The average molecular weight is 468 g/mol. The Morgan fingerprint density at radius 1 is 0.926 bits per heavy atom. The average Bonchev–Trinajstić information content (AvgIpc) is 2.67. The third kappa shape index (κ3) is 3.65. The number of pyridine rings is 1. The van der Waals surface area contributed by atoms with Gasteiger partial charge in [-0.3, -0.25) is 0 Å². The van der Waals surface area contributed by atoms with Crippen LogP contribution in [0.4, 0.5) is 5.69 Å². The van der Waals surface area contributed by atoms with Crippen LogP contribution in [0.15, 0.2) is 72.4 Å². The SMILES string of the molecule is CC[n+]1c(/C=C2\C=Cc3ccccc3N2C(C)C)ccc2ccccc21.[I-]. The number of halogens is 1. The Bertz CT molecular complexity index is 1020. The number of anilines is 1. The van der Waals surface area contributed by atoms with Gasteiger partial charge in [0.1, 0.15) is 6.54 Å². The Morgan fingerprint density at radius 3 is 2.44 bits per heavy atom. The molecule has 1 aliphatic heterocycles. The lowest BCUT2D eigenvalue weighted by Gasteiger charge is -2.33. The molecule has 138 valence electrons. The van der Waals surface area contributed by atoms with Gasteiger partial charge in [0.05, 0.1) is 0 Å². The molecule has 0 aliphatic carbocycles. The van der Waals surface area contributed by atoms with E-state index in [1.807, 2.05) is 0 Å². The number of hydrogen-bond acceptors (Lipinski definition) is 1. The second-order valence-electron chi connectivity index (χ2n) is 6.99. The van der Waals surface area contributed by atoms with E-state index in [9.17, 15) is 0 Å². The molecule has 0 atom stereocenters. The minimum Gasteiger partial charge on any atom is -1.00 e. The molecule has 3 heteroatoms. The molecule has 3 aromatic rings. The summed E-state index contributed by atoms with van der Waals surface area (Å²) in [5.41, 5.74) is 6.30. The Labute approximate surface area is 178 Å². The van der Waals surface area contributed by atoms with Crippen molar-refractivity contribution in [3.63, 3.8) is 0 Å². The smallest absolute Gasteiger partial charge is 0.212 e. The quantitative estimate of drug-likeness (QED) is 0.423. The van der Waals surface area contributed by atoms with E-state index in [0.29, 0.717) is 6.04 Å². The summed E-state index contributed by atoms with van der Waals surface area (Å²) < 4.78 is 2.38. The maximum atomic E-state index is 2.42. The van der Waals surface area contributed by atoms with E-state index in [-0.39, 0.29) is 24.0 Å². The third-order valence-electron chi connectivity index (χ3n) is 5.01. The van der Waals surface area contributed by atoms with Gasteiger partial charge in [0.15, 0.2) is 0 Å². The molecule has 0 saturated heterocycles. The van der Waals surface area contributed by atoms with Gasteiger partial charge in [0, 0.05) is 41.0 Å². The Morgan fingerprint density at radius 2 is 1.67 bits per heavy atom. The largest absolute Gasteiger partial charge is 1.00 e. The fraction of sp³-hybridized carbons (Fsp3) is 0.208. The predicted molar refractivity (Wildman–Crippen MR) is 111 cm³/mol. The lowest BCUT2D eigenvalue weighted by Crippen LogP contribution is -3.00. The summed E-state index contributed by atoms with van der Waals surface area (Å²) in [6, 6.07) is 22.0. The molecule has 4 rings (SSSR count). The van der Waals surface area contributed by atoms with Crippen molar-refractivity contribution in [3.05, 3.63) is 83.7 Å². The molecular weight excluding hydrogens is 443 g/mol. The first-order chi connectivity index (χ1) is 12.7. The van der Waals surface area contributed by atoms with Crippen LogP contribution in [0.5, 0.6) is 0 Å². The van der Waals surface area contributed by atoms with E-state index < -0.39 is 0 Å². The van der Waals surface area contributed by atoms with E-state index >= 15 is 0 Å². The van der Waals surface area contributed by atoms with Gasteiger partial charge in [-0.05, 0) is 50.6 Å². The van der Waals surface area contributed by atoms with Crippen molar-refractivity contribution in [3.8, 4) is 0 Å². The van der Waals surface area contributed by atoms with Gasteiger partial charge < -0.3 is 28.9 Å². The number of rotatable bonds is 3. The second kappa shape index (κ2) is 8.26. The van der Waals surface area contributed by atoms with Gasteiger partial charge in [-0.1, -0.05) is 36.4 Å². The van der Waals surface area contributed by atoms with Gasteiger partial charge in [-0.15, -0.1) is 0 Å². The zero-order valence-electron chi connectivity index (χ0n) is 16.1. The van der Waals surface area contributed by atoms with Crippen molar-refractivity contribution >= 4 is 28.7 Å². The summed E-state index contributed by atoms with van der Waals surface area (Å²) in [7, 11) is 0. The minimum atomic E-state index is 0. The molecule has 2 aromatic carbocycles. The molecule has 0 bridgehead atoms. The molecule has 0 saturated carbocycles. The number of allylic oxidation sites excluding steroid dienone is 1. The highest BCUT2D eigenvalue weighted by Gasteiger charge is 2.21. The van der Waals surface area contributed by atoms with E-state index in [1.54, 1.807) is 0 Å². The van der Waals surface area contributed by atoms with Gasteiger partial charge in [0.2, 0.25) is 11.2 Å².